The summed E-state index contributed by atoms with van der Waals surface area (Å²) in [4.78, 5) is 14.6. The van der Waals surface area contributed by atoms with Crippen molar-refractivity contribution in [1.82, 2.24) is 4.90 Å². The van der Waals surface area contributed by atoms with Gasteiger partial charge in [-0.1, -0.05) is 12.1 Å². The first-order chi connectivity index (χ1) is 15.2. The van der Waals surface area contributed by atoms with Crippen molar-refractivity contribution < 1.29 is 18.7 Å². The van der Waals surface area contributed by atoms with E-state index in [1.165, 1.54) is 0 Å². The van der Waals surface area contributed by atoms with Crippen molar-refractivity contribution in [3.63, 3.8) is 0 Å². The highest BCUT2D eigenvalue weighted by atomic mass is 16.5. The summed E-state index contributed by atoms with van der Waals surface area (Å²) in [5.74, 6) is 1.78. The van der Waals surface area contributed by atoms with Gasteiger partial charge >= 0.3 is 6.03 Å². The molecule has 3 aromatic rings. The van der Waals surface area contributed by atoms with E-state index in [0.717, 1.165) is 19.4 Å². The minimum atomic E-state index is -0.226. The zero-order valence-corrected chi connectivity index (χ0v) is 17.0. The molecule has 1 aliphatic rings. The van der Waals surface area contributed by atoms with Crippen molar-refractivity contribution in [3.05, 3.63) is 78.3 Å². The fourth-order valence-electron chi connectivity index (χ4n) is 3.43. The van der Waals surface area contributed by atoms with Crippen LogP contribution < -0.4 is 10.1 Å². The van der Waals surface area contributed by atoms with Crippen molar-refractivity contribution in [2.45, 2.75) is 25.5 Å². The predicted molar refractivity (Wildman–Crippen MR) is 115 cm³/mol. The molecule has 1 aromatic heterocycles. The van der Waals surface area contributed by atoms with Crippen LogP contribution in [0, 0.1) is 11.3 Å². The second-order valence-corrected chi connectivity index (χ2v) is 7.26. The van der Waals surface area contributed by atoms with Crippen LogP contribution in [0.25, 0.3) is 0 Å². The Morgan fingerprint density at radius 1 is 1.16 bits per heavy atom. The van der Waals surface area contributed by atoms with Gasteiger partial charge in [0.05, 0.1) is 24.5 Å². The third-order valence-electron chi connectivity index (χ3n) is 5.00. The van der Waals surface area contributed by atoms with E-state index in [2.05, 4.69) is 11.4 Å². The molecule has 1 unspecified atom stereocenters. The Balaban J connectivity index is 1.41. The summed E-state index contributed by atoms with van der Waals surface area (Å²) < 4.78 is 16.9. The van der Waals surface area contributed by atoms with Crippen molar-refractivity contribution >= 4 is 11.7 Å². The lowest BCUT2D eigenvalue weighted by molar-refractivity contribution is 0.0803. The van der Waals surface area contributed by atoms with E-state index in [1.54, 1.807) is 59.7 Å². The van der Waals surface area contributed by atoms with Gasteiger partial charge in [-0.25, -0.2) is 4.79 Å². The van der Waals surface area contributed by atoms with Crippen molar-refractivity contribution in [3.8, 4) is 17.6 Å². The Bertz CT molecular complexity index is 1040. The summed E-state index contributed by atoms with van der Waals surface area (Å²) in [6.07, 6.45) is 3.59. The standard InChI is InChI=1S/C24H23N3O4/c25-15-18-5-1-2-8-23(18)31-20-11-9-19(10-12-20)26-24(28)27(16-21-6-3-13-29-21)17-22-7-4-14-30-22/h1-3,5-6,8-13,22H,4,7,14,16-17H2,(H,26,28). The van der Waals surface area contributed by atoms with Crippen LogP contribution in [0.4, 0.5) is 10.5 Å². The average Bonchev–Trinajstić information content (AvgIpc) is 3.49. The highest BCUT2D eigenvalue weighted by Gasteiger charge is 2.23. The molecule has 1 fully saturated rings. The van der Waals surface area contributed by atoms with Crippen LogP contribution in [0.15, 0.2) is 71.3 Å². The lowest BCUT2D eigenvalue weighted by Crippen LogP contribution is -2.39. The summed E-state index contributed by atoms with van der Waals surface area (Å²) in [5.41, 5.74) is 1.10. The minimum Gasteiger partial charge on any atom is -0.467 e. The molecule has 1 atom stereocenters. The number of nitrogens with zero attached hydrogens (tertiary/aromatic N) is 2. The quantitative estimate of drug-likeness (QED) is 0.574. The number of ether oxygens (including phenoxy) is 2. The molecule has 4 rings (SSSR count). The Labute approximate surface area is 180 Å². The number of para-hydroxylation sites is 1. The molecular weight excluding hydrogens is 394 g/mol. The lowest BCUT2D eigenvalue weighted by Gasteiger charge is -2.25. The van der Waals surface area contributed by atoms with Gasteiger partial charge < -0.3 is 24.1 Å². The van der Waals surface area contributed by atoms with Gasteiger partial charge in [0.25, 0.3) is 0 Å². The number of urea groups is 1. The van der Waals surface area contributed by atoms with Crippen LogP contribution in [0.1, 0.15) is 24.2 Å². The van der Waals surface area contributed by atoms with Gasteiger partial charge in [-0.15, -0.1) is 0 Å². The molecule has 0 saturated carbocycles. The first-order valence-electron chi connectivity index (χ1n) is 10.2. The smallest absolute Gasteiger partial charge is 0.322 e. The van der Waals surface area contributed by atoms with E-state index in [1.807, 2.05) is 12.1 Å². The molecule has 7 nitrogen and oxygen atoms in total. The third kappa shape index (κ3) is 5.44. The number of benzene rings is 2. The third-order valence-corrected chi connectivity index (χ3v) is 5.00. The number of anilines is 1. The van der Waals surface area contributed by atoms with Gasteiger partial charge in [-0.05, 0) is 61.4 Å². The van der Waals surface area contributed by atoms with Crippen LogP contribution in [0.2, 0.25) is 0 Å². The Morgan fingerprint density at radius 3 is 2.71 bits per heavy atom. The highest BCUT2D eigenvalue weighted by Crippen LogP contribution is 2.26. The molecule has 1 saturated heterocycles. The zero-order valence-electron chi connectivity index (χ0n) is 17.0. The van der Waals surface area contributed by atoms with Crippen LogP contribution in [0.5, 0.6) is 11.5 Å². The molecule has 1 aliphatic heterocycles. The van der Waals surface area contributed by atoms with Crippen LogP contribution in [-0.2, 0) is 11.3 Å². The summed E-state index contributed by atoms with van der Waals surface area (Å²) in [6, 6.07) is 19.6. The van der Waals surface area contributed by atoms with E-state index in [-0.39, 0.29) is 12.1 Å². The van der Waals surface area contributed by atoms with Crippen molar-refractivity contribution in [2.24, 2.45) is 0 Å². The zero-order chi connectivity index (χ0) is 21.5. The molecule has 0 radical (unpaired) electrons. The topological polar surface area (TPSA) is 87.7 Å². The fourth-order valence-corrected chi connectivity index (χ4v) is 3.43. The van der Waals surface area contributed by atoms with E-state index in [4.69, 9.17) is 13.9 Å². The first kappa shape index (κ1) is 20.5. The molecule has 2 heterocycles. The molecule has 1 N–H and O–H groups in total. The van der Waals surface area contributed by atoms with Gasteiger partial charge in [-0.2, -0.15) is 5.26 Å². The Kier molecular flexibility index (Phi) is 6.50. The van der Waals surface area contributed by atoms with Crippen molar-refractivity contribution in [1.29, 1.82) is 5.26 Å². The number of carbonyl (C=O) groups excluding carboxylic acids is 1. The Hall–Kier alpha value is -3.76. The van der Waals surface area contributed by atoms with E-state index >= 15 is 0 Å². The number of hydrogen-bond donors (Lipinski definition) is 1. The monoisotopic (exact) mass is 417 g/mol. The molecule has 0 bridgehead atoms. The predicted octanol–water partition coefficient (Wildman–Crippen LogP) is 5.16. The van der Waals surface area contributed by atoms with Gasteiger partial charge in [0.15, 0.2) is 0 Å². The molecule has 158 valence electrons. The second kappa shape index (κ2) is 9.83. The highest BCUT2D eigenvalue weighted by molar-refractivity contribution is 5.89. The molecule has 2 amide bonds. The van der Waals surface area contributed by atoms with Crippen LogP contribution in [-0.4, -0.2) is 30.2 Å². The fraction of sp³-hybridized carbons (Fsp3) is 0.250. The normalized spacial score (nSPS) is 15.3. The second-order valence-electron chi connectivity index (χ2n) is 7.26. The maximum absolute atomic E-state index is 12.9. The maximum atomic E-state index is 12.9. The summed E-state index contributed by atoms with van der Waals surface area (Å²) >= 11 is 0. The minimum absolute atomic E-state index is 0.0386. The van der Waals surface area contributed by atoms with Gasteiger partial charge in [0.2, 0.25) is 0 Å². The molecule has 7 heteroatoms. The largest absolute Gasteiger partial charge is 0.467 e. The van der Waals surface area contributed by atoms with E-state index < -0.39 is 0 Å². The van der Waals surface area contributed by atoms with Gasteiger partial charge in [-0.3, -0.25) is 0 Å². The lowest BCUT2D eigenvalue weighted by atomic mass is 10.2. The maximum Gasteiger partial charge on any atom is 0.322 e. The van der Waals surface area contributed by atoms with E-state index in [0.29, 0.717) is 41.6 Å². The number of hydrogen-bond acceptors (Lipinski definition) is 5. The average molecular weight is 417 g/mol. The van der Waals surface area contributed by atoms with Gasteiger partial charge in [0, 0.05) is 18.8 Å². The number of amides is 2. The number of rotatable bonds is 7. The molecular formula is C24H23N3O4. The number of carbonyl (C=O) groups is 1. The van der Waals surface area contributed by atoms with E-state index in [9.17, 15) is 10.1 Å². The van der Waals surface area contributed by atoms with Crippen LogP contribution >= 0.6 is 0 Å². The number of nitrogens with one attached hydrogen (secondary N) is 1. The number of furan rings is 1. The number of nitriles is 1. The molecule has 0 aliphatic carbocycles. The molecule has 0 spiro atoms. The summed E-state index contributed by atoms with van der Waals surface area (Å²) in [6.45, 7) is 1.60. The SMILES string of the molecule is N#Cc1ccccc1Oc1ccc(NC(=O)N(Cc2ccco2)CC2CCCO2)cc1. The van der Waals surface area contributed by atoms with Crippen LogP contribution in [0.3, 0.4) is 0 Å². The first-order valence-corrected chi connectivity index (χ1v) is 10.2. The summed E-state index contributed by atoms with van der Waals surface area (Å²) in [7, 11) is 0. The van der Waals surface area contributed by atoms with Crippen molar-refractivity contribution in [2.75, 3.05) is 18.5 Å². The Morgan fingerprint density at radius 2 is 2.00 bits per heavy atom. The van der Waals surface area contributed by atoms with Gasteiger partial charge in [0.1, 0.15) is 23.3 Å². The summed E-state index contributed by atoms with van der Waals surface area (Å²) in [5, 5.41) is 12.1. The molecule has 2 aromatic carbocycles. The molecule has 31 heavy (non-hydrogen) atoms.